The lowest BCUT2D eigenvalue weighted by atomic mass is 10.1. The van der Waals surface area contributed by atoms with Crippen molar-refractivity contribution < 1.29 is 4.52 Å². The number of pyridine rings is 1. The summed E-state index contributed by atoms with van der Waals surface area (Å²) in [6, 6.07) is 4.61. The Bertz CT molecular complexity index is 1340. The number of hydrogen-bond acceptors (Lipinski definition) is 5. The Labute approximate surface area is 150 Å². The summed E-state index contributed by atoms with van der Waals surface area (Å²) in [6.45, 7) is 3.49. The Kier molecular flexibility index (Phi) is 3.58. The molecule has 26 heavy (non-hydrogen) atoms. The van der Waals surface area contributed by atoms with Crippen LogP contribution in [0.3, 0.4) is 0 Å². The molecule has 132 valence electrons. The smallest absolute Gasteiger partial charge is 0.287 e. The number of aryl methyl sites for hydroxylation is 2. The number of aromatic amines is 2. The van der Waals surface area contributed by atoms with E-state index < -0.39 is 16.5 Å². The van der Waals surface area contributed by atoms with Crippen molar-refractivity contribution in [1.82, 2.24) is 19.9 Å². The number of hydrogen-bond donors (Lipinski definition) is 2. The standard InChI is InChI=1S/C17H13ClN4O4/c1-7-11(8(2)26-21-7)6-22-17(25)13-14(16(24)20-22)19-12-5-9(18)3-4-10(12)15(13)23/h3-5H,6H2,1-2H3,(H,19,23)(H,20,24). The number of benzene rings is 1. The third kappa shape index (κ3) is 2.38. The van der Waals surface area contributed by atoms with Crippen LogP contribution in [0.5, 0.6) is 0 Å². The first-order chi connectivity index (χ1) is 12.4. The Balaban J connectivity index is 2.05. The predicted octanol–water partition coefficient (Wildman–Crippen LogP) is 1.84. The van der Waals surface area contributed by atoms with Gasteiger partial charge in [0.05, 0.1) is 17.8 Å². The minimum absolute atomic E-state index is 0.0449. The second-order valence-electron chi connectivity index (χ2n) is 6.03. The highest BCUT2D eigenvalue weighted by Crippen LogP contribution is 2.16. The minimum Gasteiger partial charge on any atom is -0.361 e. The van der Waals surface area contributed by atoms with Crippen LogP contribution in [0.2, 0.25) is 5.02 Å². The van der Waals surface area contributed by atoms with Gasteiger partial charge in [0.25, 0.3) is 11.1 Å². The van der Waals surface area contributed by atoms with Crippen LogP contribution in [0, 0.1) is 13.8 Å². The van der Waals surface area contributed by atoms with E-state index in [9.17, 15) is 14.4 Å². The topological polar surface area (TPSA) is 114 Å². The number of nitrogens with one attached hydrogen (secondary N) is 2. The van der Waals surface area contributed by atoms with Crippen molar-refractivity contribution in [3.63, 3.8) is 0 Å². The molecule has 0 fully saturated rings. The van der Waals surface area contributed by atoms with E-state index in [2.05, 4.69) is 15.2 Å². The molecule has 3 heterocycles. The molecule has 4 aromatic rings. The molecule has 0 saturated carbocycles. The Morgan fingerprint density at radius 2 is 2.00 bits per heavy atom. The normalized spacial score (nSPS) is 11.5. The third-order valence-corrected chi connectivity index (χ3v) is 4.62. The monoisotopic (exact) mass is 372 g/mol. The van der Waals surface area contributed by atoms with Gasteiger partial charge in [0.15, 0.2) is 0 Å². The summed E-state index contributed by atoms with van der Waals surface area (Å²) in [5.41, 5.74) is -0.103. The fourth-order valence-electron chi connectivity index (χ4n) is 3.00. The van der Waals surface area contributed by atoms with Gasteiger partial charge in [-0.25, -0.2) is 4.68 Å². The molecule has 9 heteroatoms. The summed E-state index contributed by atoms with van der Waals surface area (Å²) in [6.07, 6.45) is 0. The molecule has 0 saturated heterocycles. The lowest BCUT2D eigenvalue weighted by molar-refractivity contribution is 0.391. The lowest BCUT2D eigenvalue weighted by Gasteiger charge is -2.08. The predicted molar refractivity (Wildman–Crippen MR) is 97.0 cm³/mol. The molecule has 0 aliphatic carbocycles. The number of aromatic nitrogens is 4. The van der Waals surface area contributed by atoms with Crippen LogP contribution in [-0.2, 0) is 6.54 Å². The highest BCUT2D eigenvalue weighted by atomic mass is 35.5. The van der Waals surface area contributed by atoms with E-state index in [-0.39, 0.29) is 22.8 Å². The van der Waals surface area contributed by atoms with Gasteiger partial charge < -0.3 is 9.51 Å². The molecular weight excluding hydrogens is 360 g/mol. The van der Waals surface area contributed by atoms with E-state index in [0.29, 0.717) is 27.6 Å². The van der Waals surface area contributed by atoms with Crippen LogP contribution in [0.4, 0.5) is 0 Å². The molecule has 0 amide bonds. The third-order valence-electron chi connectivity index (χ3n) is 4.38. The van der Waals surface area contributed by atoms with E-state index >= 15 is 0 Å². The summed E-state index contributed by atoms with van der Waals surface area (Å²) >= 11 is 5.94. The maximum atomic E-state index is 12.9. The van der Waals surface area contributed by atoms with Crippen LogP contribution in [0.1, 0.15) is 17.0 Å². The maximum Gasteiger partial charge on any atom is 0.287 e. The lowest BCUT2D eigenvalue weighted by Crippen LogP contribution is -2.34. The van der Waals surface area contributed by atoms with E-state index in [4.69, 9.17) is 16.1 Å². The van der Waals surface area contributed by atoms with Gasteiger partial charge >= 0.3 is 0 Å². The highest BCUT2D eigenvalue weighted by Gasteiger charge is 2.17. The quantitative estimate of drug-likeness (QED) is 0.521. The van der Waals surface area contributed by atoms with E-state index in [1.807, 2.05) is 0 Å². The van der Waals surface area contributed by atoms with Crippen molar-refractivity contribution in [1.29, 1.82) is 0 Å². The fourth-order valence-corrected chi connectivity index (χ4v) is 3.17. The number of fused-ring (bicyclic) bond motifs is 2. The molecule has 0 atom stereocenters. The van der Waals surface area contributed by atoms with Gasteiger partial charge in [0.1, 0.15) is 16.7 Å². The first kappa shape index (κ1) is 16.3. The second kappa shape index (κ2) is 5.70. The number of H-pyrrole nitrogens is 2. The number of nitrogens with zero attached hydrogens (tertiary/aromatic N) is 2. The molecule has 8 nitrogen and oxygen atoms in total. The molecule has 3 aromatic heterocycles. The van der Waals surface area contributed by atoms with Crippen LogP contribution >= 0.6 is 11.6 Å². The first-order valence-corrected chi connectivity index (χ1v) is 8.14. The van der Waals surface area contributed by atoms with Crippen molar-refractivity contribution in [2.24, 2.45) is 0 Å². The Hall–Kier alpha value is -3.13. The van der Waals surface area contributed by atoms with Gasteiger partial charge in [0, 0.05) is 16.0 Å². The average molecular weight is 373 g/mol. The summed E-state index contributed by atoms with van der Waals surface area (Å²) < 4.78 is 6.17. The SMILES string of the molecule is Cc1noc(C)c1Cn1[nH]c(=O)c2[nH]c3cc(Cl)ccc3c(=O)c2c1=O. The van der Waals surface area contributed by atoms with Gasteiger partial charge in [-0.2, -0.15) is 0 Å². The maximum absolute atomic E-state index is 12.9. The molecule has 0 bridgehead atoms. The van der Waals surface area contributed by atoms with E-state index in [1.54, 1.807) is 19.9 Å². The van der Waals surface area contributed by atoms with Crippen LogP contribution in [0.15, 0.2) is 37.1 Å². The molecular formula is C17H13ClN4O4. The van der Waals surface area contributed by atoms with E-state index in [1.165, 1.54) is 12.1 Å². The van der Waals surface area contributed by atoms with Gasteiger partial charge in [-0.15, -0.1) is 0 Å². The molecule has 1 aromatic carbocycles. The molecule has 0 radical (unpaired) electrons. The molecule has 0 unspecified atom stereocenters. The summed E-state index contributed by atoms with van der Waals surface area (Å²) in [5.74, 6) is 0.539. The van der Waals surface area contributed by atoms with Gasteiger partial charge in [-0.1, -0.05) is 16.8 Å². The first-order valence-electron chi connectivity index (χ1n) is 7.77. The molecule has 0 spiro atoms. The zero-order valence-corrected chi connectivity index (χ0v) is 14.6. The second-order valence-corrected chi connectivity index (χ2v) is 6.47. The van der Waals surface area contributed by atoms with Crippen molar-refractivity contribution in [3.8, 4) is 0 Å². The molecule has 2 N–H and O–H groups in total. The number of halogens is 1. The van der Waals surface area contributed by atoms with Crippen LogP contribution in [0.25, 0.3) is 21.8 Å². The van der Waals surface area contributed by atoms with Crippen molar-refractivity contribution in [2.75, 3.05) is 0 Å². The largest absolute Gasteiger partial charge is 0.361 e. The average Bonchev–Trinajstić information content (AvgIpc) is 2.91. The fraction of sp³-hybridized carbons (Fsp3) is 0.176. The van der Waals surface area contributed by atoms with Gasteiger partial charge in [0.2, 0.25) is 5.43 Å². The van der Waals surface area contributed by atoms with Crippen LogP contribution in [-0.4, -0.2) is 19.9 Å². The van der Waals surface area contributed by atoms with Gasteiger partial charge in [-0.05, 0) is 32.0 Å². The van der Waals surface area contributed by atoms with E-state index in [0.717, 1.165) is 4.68 Å². The van der Waals surface area contributed by atoms with Crippen molar-refractivity contribution in [2.45, 2.75) is 20.4 Å². The summed E-state index contributed by atoms with van der Waals surface area (Å²) in [4.78, 5) is 41.0. The minimum atomic E-state index is -0.599. The Morgan fingerprint density at radius 1 is 1.23 bits per heavy atom. The molecule has 0 aliphatic heterocycles. The summed E-state index contributed by atoms with van der Waals surface area (Å²) in [7, 11) is 0. The zero-order chi connectivity index (χ0) is 18.6. The number of rotatable bonds is 2. The highest BCUT2D eigenvalue weighted by molar-refractivity contribution is 6.31. The zero-order valence-electron chi connectivity index (χ0n) is 13.8. The summed E-state index contributed by atoms with van der Waals surface area (Å²) in [5, 5.41) is 6.82. The Morgan fingerprint density at radius 3 is 2.69 bits per heavy atom. The molecule has 0 aliphatic rings. The van der Waals surface area contributed by atoms with Crippen molar-refractivity contribution in [3.05, 3.63) is 71.2 Å². The van der Waals surface area contributed by atoms with Crippen LogP contribution < -0.4 is 16.5 Å². The molecule has 4 rings (SSSR count). The van der Waals surface area contributed by atoms with Gasteiger partial charge in [-0.3, -0.25) is 19.5 Å². The van der Waals surface area contributed by atoms with Crippen molar-refractivity contribution >= 4 is 33.4 Å².